The Morgan fingerprint density at radius 3 is 2.82 bits per heavy atom. The Hall–Kier alpha value is -3.38. The summed E-state index contributed by atoms with van der Waals surface area (Å²) in [6, 6.07) is 15.0. The van der Waals surface area contributed by atoms with Crippen LogP contribution in [0.15, 0.2) is 62.3 Å². The molecule has 0 N–H and O–H groups in total. The summed E-state index contributed by atoms with van der Waals surface area (Å²) in [6.07, 6.45) is 3.61. The van der Waals surface area contributed by atoms with E-state index in [2.05, 4.69) is 10.1 Å². The largest absolute Gasteiger partial charge is 0.492 e. The van der Waals surface area contributed by atoms with E-state index in [9.17, 15) is 4.79 Å². The third-order valence-electron chi connectivity index (χ3n) is 4.36. The third kappa shape index (κ3) is 3.68. The number of rotatable bonds is 6. The third-order valence-corrected chi connectivity index (χ3v) is 4.36. The summed E-state index contributed by atoms with van der Waals surface area (Å²) in [7, 11) is 4.01. The maximum atomic E-state index is 12.4. The van der Waals surface area contributed by atoms with E-state index in [4.69, 9.17) is 13.7 Å². The number of benzene rings is 2. The molecule has 0 aliphatic rings. The van der Waals surface area contributed by atoms with Gasteiger partial charge in [-0.3, -0.25) is 0 Å². The van der Waals surface area contributed by atoms with Crippen molar-refractivity contribution in [3.05, 3.63) is 70.2 Å². The molecule has 0 aliphatic heterocycles. The zero-order valence-electron chi connectivity index (χ0n) is 15.7. The van der Waals surface area contributed by atoms with Crippen molar-refractivity contribution in [2.75, 3.05) is 27.2 Å². The molecule has 2 aromatic carbocycles. The van der Waals surface area contributed by atoms with Gasteiger partial charge in [-0.2, -0.15) is 0 Å². The predicted octanol–water partition coefficient (Wildman–Crippen LogP) is 4.05. The standard InChI is InChI=1S/C22H20N2O4/c1-24(2)12-13-26-16-7-5-6-15(14-16)10-11-18-20-21(28-23-18)17-8-3-4-9-19(17)27-22(20)25/h3-11,14H,12-13H2,1-2H3/b11-10+. The van der Waals surface area contributed by atoms with Crippen LogP contribution in [0.2, 0.25) is 0 Å². The summed E-state index contributed by atoms with van der Waals surface area (Å²) in [6.45, 7) is 1.46. The highest BCUT2D eigenvalue weighted by atomic mass is 16.5. The van der Waals surface area contributed by atoms with Crippen LogP contribution >= 0.6 is 0 Å². The van der Waals surface area contributed by atoms with Crippen molar-refractivity contribution in [2.24, 2.45) is 0 Å². The lowest BCUT2D eigenvalue weighted by Gasteiger charge is -2.11. The average molecular weight is 376 g/mol. The normalized spacial score (nSPS) is 11.8. The van der Waals surface area contributed by atoms with Gasteiger partial charge in [0.05, 0.1) is 5.39 Å². The molecule has 6 heteroatoms. The molecule has 4 rings (SSSR count). The summed E-state index contributed by atoms with van der Waals surface area (Å²) in [4.78, 5) is 14.5. The van der Waals surface area contributed by atoms with Crippen LogP contribution in [0.3, 0.4) is 0 Å². The van der Waals surface area contributed by atoms with Gasteiger partial charge in [0.25, 0.3) is 0 Å². The second-order valence-corrected chi connectivity index (χ2v) is 6.72. The minimum absolute atomic E-state index is 0.341. The van der Waals surface area contributed by atoms with Gasteiger partial charge < -0.3 is 18.6 Å². The molecule has 0 bridgehead atoms. The molecular weight excluding hydrogens is 356 g/mol. The van der Waals surface area contributed by atoms with Crippen molar-refractivity contribution in [3.63, 3.8) is 0 Å². The van der Waals surface area contributed by atoms with E-state index < -0.39 is 5.63 Å². The highest BCUT2D eigenvalue weighted by Gasteiger charge is 2.15. The van der Waals surface area contributed by atoms with Gasteiger partial charge in [0, 0.05) is 6.54 Å². The van der Waals surface area contributed by atoms with Crippen molar-refractivity contribution >= 4 is 34.1 Å². The second-order valence-electron chi connectivity index (χ2n) is 6.72. The van der Waals surface area contributed by atoms with E-state index in [0.717, 1.165) is 23.2 Å². The van der Waals surface area contributed by atoms with E-state index in [1.165, 1.54) is 0 Å². The predicted molar refractivity (Wildman–Crippen MR) is 109 cm³/mol. The van der Waals surface area contributed by atoms with Crippen molar-refractivity contribution in [2.45, 2.75) is 0 Å². The van der Waals surface area contributed by atoms with Crippen LogP contribution in [0.4, 0.5) is 0 Å². The highest BCUT2D eigenvalue weighted by molar-refractivity contribution is 6.03. The van der Waals surface area contributed by atoms with Gasteiger partial charge in [-0.05, 0) is 50.0 Å². The van der Waals surface area contributed by atoms with E-state index >= 15 is 0 Å². The van der Waals surface area contributed by atoms with Crippen LogP contribution in [0.1, 0.15) is 11.3 Å². The zero-order valence-corrected chi connectivity index (χ0v) is 15.7. The molecule has 0 amide bonds. The SMILES string of the molecule is CN(C)CCOc1cccc(/C=C/c2noc3c2c(=O)oc2ccccc23)c1. The number of fused-ring (bicyclic) bond motifs is 3. The fraction of sp³-hybridized carbons (Fsp3) is 0.182. The van der Waals surface area contributed by atoms with Crippen LogP contribution in [0.25, 0.3) is 34.1 Å². The van der Waals surface area contributed by atoms with E-state index in [1.54, 1.807) is 12.1 Å². The Morgan fingerprint density at radius 2 is 1.96 bits per heavy atom. The Bertz CT molecular complexity index is 1200. The van der Waals surface area contributed by atoms with Gasteiger partial charge in [0.2, 0.25) is 0 Å². The molecule has 0 atom stereocenters. The maximum absolute atomic E-state index is 12.4. The average Bonchev–Trinajstić information content (AvgIpc) is 3.12. The Balaban J connectivity index is 1.63. The second kappa shape index (κ2) is 7.70. The number of ether oxygens (including phenoxy) is 1. The Labute approximate surface area is 161 Å². The van der Waals surface area contributed by atoms with Crippen molar-refractivity contribution in [1.82, 2.24) is 10.1 Å². The molecule has 2 aromatic heterocycles. The van der Waals surface area contributed by atoms with Gasteiger partial charge in [0.1, 0.15) is 29.0 Å². The lowest BCUT2D eigenvalue weighted by molar-refractivity contribution is 0.261. The van der Waals surface area contributed by atoms with Crippen molar-refractivity contribution in [3.8, 4) is 5.75 Å². The van der Waals surface area contributed by atoms with Gasteiger partial charge in [-0.25, -0.2) is 4.79 Å². The van der Waals surface area contributed by atoms with Gasteiger partial charge >= 0.3 is 5.63 Å². The van der Waals surface area contributed by atoms with Crippen LogP contribution in [-0.4, -0.2) is 37.3 Å². The zero-order chi connectivity index (χ0) is 19.5. The van der Waals surface area contributed by atoms with Crippen molar-refractivity contribution < 1.29 is 13.7 Å². The molecule has 2 heterocycles. The fourth-order valence-electron chi connectivity index (χ4n) is 2.92. The van der Waals surface area contributed by atoms with Crippen molar-refractivity contribution in [1.29, 1.82) is 0 Å². The number of nitrogens with zero attached hydrogens (tertiary/aromatic N) is 2. The number of para-hydroxylation sites is 1. The van der Waals surface area contributed by atoms with Gasteiger partial charge in [0.15, 0.2) is 5.58 Å². The molecule has 0 spiro atoms. The molecule has 6 nitrogen and oxygen atoms in total. The first kappa shape index (κ1) is 18.0. The minimum Gasteiger partial charge on any atom is -0.492 e. The minimum atomic E-state index is -0.463. The summed E-state index contributed by atoms with van der Waals surface area (Å²) >= 11 is 0. The van der Waals surface area contributed by atoms with Crippen LogP contribution < -0.4 is 10.4 Å². The van der Waals surface area contributed by atoms with E-state index in [0.29, 0.717) is 28.9 Å². The first-order valence-electron chi connectivity index (χ1n) is 8.99. The fourth-order valence-corrected chi connectivity index (χ4v) is 2.92. The maximum Gasteiger partial charge on any atom is 0.349 e. The lowest BCUT2D eigenvalue weighted by Crippen LogP contribution is -2.19. The van der Waals surface area contributed by atoms with E-state index in [-0.39, 0.29) is 0 Å². The summed E-state index contributed by atoms with van der Waals surface area (Å²) < 4.78 is 16.6. The molecule has 0 fully saturated rings. The van der Waals surface area contributed by atoms with Gasteiger partial charge in [-0.15, -0.1) is 0 Å². The highest BCUT2D eigenvalue weighted by Crippen LogP contribution is 2.25. The van der Waals surface area contributed by atoms with Crippen LogP contribution in [0.5, 0.6) is 5.75 Å². The molecule has 0 radical (unpaired) electrons. The summed E-state index contributed by atoms with van der Waals surface area (Å²) in [5, 5.41) is 5.12. The number of likely N-dealkylation sites (N-methyl/N-ethyl adjacent to an activating group) is 1. The Kier molecular flexibility index (Phi) is 4.95. The summed E-state index contributed by atoms with van der Waals surface area (Å²) in [5.41, 5.74) is 1.83. The summed E-state index contributed by atoms with van der Waals surface area (Å²) in [5.74, 6) is 0.791. The first-order chi connectivity index (χ1) is 13.6. The number of aromatic nitrogens is 1. The van der Waals surface area contributed by atoms with Crippen LogP contribution in [-0.2, 0) is 0 Å². The quantitative estimate of drug-likeness (QED) is 0.473. The molecular formula is C22H20N2O4. The smallest absolute Gasteiger partial charge is 0.349 e. The number of hydrogen-bond acceptors (Lipinski definition) is 6. The van der Waals surface area contributed by atoms with Gasteiger partial charge in [-0.1, -0.05) is 35.5 Å². The Morgan fingerprint density at radius 1 is 1.11 bits per heavy atom. The topological polar surface area (TPSA) is 68.7 Å². The molecule has 28 heavy (non-hydrogen) atoms. The molecule has 142 valence electrons. The molecule has 0 saturated heterocycles. The molecule has 0 saturated carbocycles. The first-order valence-corrected chi connectivity index (χ1v) is 8.99. The van der Waals surface area contributed by atoms with Crippen LogP contribution in [0, 0.1) is 0 Å². The molecule has 4 aromatic rings. The monoisotopic (exact) mass is 376 g/mol. The van der Waals surface area contributed by atoms with E-state index in [1.807, 2.05) is 62.6 Å². The number of hydrogen-bond donors (Lipinski definition) is 0. The lowest BCUT2D eigenvalue weighted by atomic mass is 10.1. The molecule has 0 aliphatic carbocycles. The molecule has 0 unspecified atom stereocenters.